The summed E-state index contributed by atoms with van der Waals surface area (Å²) >= 11 is 6.18. The summed E-state index contributed by atoms with van der Waals surface area (Å²) in [5.41, 5.74) is -1.37. The predicted molar refractivity (Wildman–Crippen MR) is 104 cm³/mol. The Balaban J connectivity index is 1.64. The van der Waals surface area contributed by atoms with E-state index < -0.39 is 23.2 Å². The van der Waals surface area contributed by atoms with E-state index in [1.807, 2.05) is 0 Å². The Morgan fingerprint density at radius 2 is 1.97 bits per heavy atom. The van der Waals surface area contributed by atoms with Crippen LogP contribution in [0.15, 0.2) is 41.2 Å². The molecule has 2 aromatic carbocycles. The fourth-order valence-corrected chi connectivity index (χ4v) is 3.20. The lowest BCUT2D eigenvalue weighted by molar-refractivity contribution is -0.137. The lowest BCUT2D eigenvalue weighted by Gasteiger charge is -2.09. The highest BCUT2D eigenvalue weighted by Crippen LogP contribution is 2.32. The minimum absolute atomic E-state index is 0.0434. The molecule has 6 nitrogen and oxygen atoms in total. The lowest BCUT2D eigenvalue weighted by atomic mass is 10.1. The number of aromatic nitrogens is 3. The average Bonchev–Trinajstić information content (AvgIpc) is 3.49. The lowest BCUT2D eigenvalue weighted by Crippen LogP contribution is -2.24. The van der Waals surface area contributed by atoms with Crippen molar-refractivity contribution in [3.8, 4) is 17.1 Å². The van der Waals surface area contributed by atoms with E-state index in [0.717, 1.165) is 23.6 Å². The third-order valence-electron chi connectivity index (χ3n) is 4.82. The molecule has 1 heterocycles. The first-order valence-electron chi connectivity index (χ1n) is 9.26. The van der Waals surface area contributed by atoms with Gasteiger partial charge in [-0.15, -0.1) is 5.10 Å². The summed E-state index contributed by atoms with van der Waals surface area (Å²) < 4.78 is 53.4. The number of hydrogen-bond acceptors (Lipinski definition) is 3. The van der Waals surface area contributed by atoms with E-state index >= 15 is 0 Å². The standard InChI is InChI=1S/C20H15ClF4N4O2/c21-14-6-1-10(9-26-18(30)11-2-3-11)7-16(14)29-19(31)27-17(28-29)13-5-4-12(8-15(13)22)20(23,24)25/h1,4-8,11H,2-3,9H2,(H,26,30)(H,27,28,31). The number of nitrogens with zero attached hydrogens (tertiary/aromatic N) is 2. The van der Waals surface area contributed by atoms with Crippen molar-refractivity contribution in [3.63, 3.8) is 0 Å². The zero-order valence-electron chi connectivity index (χ0n) is 15.8. The number of carbonyl (C=O) groups is 1. The van der Waals surface area contributed by atoms with Gasteiger partial charge in [-0.25, -0.2) is 9.18 Å². The first kappa shape index (κ1) is 21.1. The zero-order chi connectivity index (χ0) is 22.3. The number of H-pyrrole nitrogens is 1. The van der Waals surface area contributed by atoms with E-state index in [2.05, 4.69) is 15.4 Å². The van der Waals surface area contributed by atoms with Gasteiger partial charge in [0.25, 0.3) is 0 Å². The summed E-state index contributed by atoms with van der Waals surface area (Å²) in [5.74, 6) is -1.44. The molecule has 4 rings (SSSR count). The molecule has 0 saturated heterocycles. The summed E-state index contributed by atoms with van der Waals surface area (Å²) in [6.45, 7) is 0.221. The highest BCUT2D eigenvalue weighted by Gasteiger charge is 2.31. The Hall–Kier alpha value is -3.14. The molecule has 1 aliphatic rings. The first-order chi connectivity index (χ1) is 14.6. The Labute approximate surface area is 177 Å². The number of hydrogen-bond donors (Lipinski definition) is 2. The van der Waals surface area contributed by atoms with Crippen LogP contribution in [0.2, 0.25) is 5.02 Å². The number of halogens is 5. The minimum Gasteiger partial charge on any atom is -0.352 e. The normalized spacial score (nSPS) is 14.0. The highest BCUT2D eigenvalue weighted by molar-refractivity contribution is 6.32. The molecule has 0 atom stereocenters. The van der Waals surface area contributed by atoms with Gasteiger partial charge in [-0.05, 0) is 48.7 Å². The van der Waals surface area contributed by atoms with Crippen LogP contribution >= 0.6 is 11.6 Å². The molecule has 3 aromatic rings. The molecular formula is C20H15ClF4N4O2. The summed E-state index contributed by atoms with van der Waals surface area (Å²) in [6.07, 6.45) is -2.97. The van der Waals surface area contributed by atoms with Gasteiger partial charge in [0, 0.05) is 12.5 Å². The number of aromatic amines is 1. The van der Waals surface area contributed by atoms with Gasteiger partial charge >= 0.3 is 11.9 Å². The maximum Gasteiger partial charge on any atom is 0.416 e. The van der Waals surface area contributed by atoms with Crippen LogP contribution < -0.4 is 11.0 Å². The van der Waals surface area contributed by atoms with E-state index in [0.29, 0.717) is 17.7 Å². The molecule has 1 saturated carbocycles. The highest BCUT2D eigenvalue weighted by atomic mass is 35.5. The number of amides is 1. The summed E-state index contributed by atoms with van der Waals surface area (Å²) in [4.78, 5) is 26.5. The molecule has 31 heavy (non-hydrogen) atoms. The van der Waals surface area contributed by atoms with Gasteiger partial charge in [0.2, 0.25) is 5.91 Å². The van der Waals surface area contributed by atoms with E-state index in [1.165, 1.54) is 6.07 Å². The van der Waals surface area contributed by atoms with E-state index in [4.69, 9.17) is 11.6 Å². The fourth-order valence-electron chi connectivity index (χ4n) is 3.00. The molecule has 0 spiro atoms. The smallest absolute Gasteiger partial charge is 0.352 e. The third-order valence-corrected chi connectivity index (χ3v) is 5.14. The summed E-state index contributed by atoms with van der Waals surface area (Å²) in [7, 11) is 0. The molecule has 162 valence electrons. The van der Waals surface area contributed by atoms with Crippen LogP contribution in [-0.2, 0) is 17.5 Å². The molecule has 1 fully saturated rings. The van der Waals surface area contributed by atoms with Crippen molar-refractivity contribution in [2.75, 3.05) is 0 Å². The Morgan fingerprint density at radius 3 is 2.61 bits per heavy atom. The minimum atomic E-state index is -4.70. The van der Waals surface area contributed by atoms with Crippen LogP contribution in [0.4, 0.5) is 17.6 Å². The zero-order valence-corrected chi connectivity index (χ0v) is 16.5. The third kappa shape index (κ3) is 4.48. The topological polar surface area (TPSA) is 79.8 Å². The molecule has 1 aliphatic carbocycles. The van der Waals surface area contributed by atoms with E-state index in [1.54, 1.807) is 12.1 Å². The first-order valence-corrected chi connectivity index (χ1v) is 9.64. The largest absolute Gasteiger partial charge is 0.416 e. The van der Waals surface area contributed by atoms with Gasteiger partial charge in [0.1, 0.15) is 5.82 Å². The summed E-state index contributed by atoms with van der Waals surface area (Å²) in [6, 6.07) is 6.67. The van der Waals surface area contributed by atoms with Crippen LogP contribution in [0.3, 0.4) is 0 Å². The number of nitrogens with one attached hydrogen (secondary N) is 2. The predicted octanol–water partition coefficient (Wildman–Crippen LogP) is 4.07. The Morgan fingerprint density at radius 1 is 1.23 bits per heavy atom. The van der Waals surface area contributed by atoms with Crippen LogP contribution in [0, 0.1) is 11.7 Å². The Kier molecular flexibility index (Phi) is 5.34. The molecule has 0 unspecified atom stereocenters. The van der Waals surface area contributed by atoms with Gasteiger partial charge < -0.3 is 5.32 Å². The number of rotatable bonds is 5. The quantitative estimate of drug-likeness (QED) is 0.570. The molecule has 0 bridgehead atoms. The van der Waals surface area contributed by atoms with E-state index in [-0.39, 0.29) is 40.5 Å². The molecule has 11 heteroatoms. The summed E-state index contributed by atoms with van der Waals surface area (Å²) in [5, 5.41) is 6.96. The van der Waals surface area contributed by atoms with Crippen molar-refractivity contribution < 1.29 is 22.4 Å². The number of carbonyl (C=O) groups excluding carboxylic acids is 1. The maximum absolute atomic E-state index is 14.3. The van der Waals surface area contributed by atoms with Crippen molar-refractivity contribution in [2.24, 2.45) is 5.92 Å². The van der Waals surface area contributed by atoms with Crippen molar-refractivity contribution in [1.29, 1.82) is 0 Å². The monoisotopic (exact) mass is 454 g/mol. The van der Waals surface area contributed by atoms with Gasteiger partial charge in [0.15, 0.2) is 5.82 Å². The van der Waals surface area contributed by atoms with Gasteiger partial charge in [0.05, 0.1) is 21.8 Å². The molecule has 1 aromatic heterocycles. The van der Waals surface area contributed by atoms with Crippen LogP contribution in [0.1, 0.15) is 24.0 Å². The number of benzene rings is 2. The van der Waals surface area contributed by atoms with Crippen molar-refractivity contribution in [2.45, 2.75) is 25.6 Å². The SMILES string of the molecule is O=C(NCc1ccc(Cl)c(-n2nc(-c3ccc(C(F)(F)F)cc3F)[nH]c2=O)c1)C1CC1. The van der Waals surface area contributed by atoms with Crippen molar-refractivity contribution >= 4 is 17.5 Å². The van der Waals surface area contributed by atoms with Crippen LogP contribution in [-0.4, -0.2) is 20.7 Å². The van der Waals surface area contributed by atoms with Crippen LogP contribution in [0.5, 0.6) is 0 Å². The van der Waals surface area contributed by atoms with Gasteiger partial charge in [-0.3, -0.25) is 9.78 Å². The fraction of sp³-hybridized carbons (Fsp3) is 0.250. The molecule has 0 aliphatic heterocycles. The van der Waals surface area contributed by atoms with Crippen molar-refractivity contribution in [1.82, 2.24) is 20.1 Å². The van der Waals surface area contributed by atoms with Crippen molar-refractivity contribution in [3.05, 3.63) is 68.8 Å². The molecular weight excluding hydrogens is 440 g/mol. The molecule has 2 N–H and O–H groups in total. The molecule has 1 amide bonds. The second-order valence-corrected chi connectivity index (χ2v) is 7.57. The average molecular weight is 455 g/mol. The van der Waals surface area contributed by atoms with Crippen LogP contribution in [0.25, 0.3) is 17.1 Å². The van der Waals surface area contributed by atoms with Gasteiger partial charge in [-0.2, -0.15) is 17.9 Å². The maximum atomic E-state index is 14.3. The molecule has 0 radical (unpaired) electrons. The van der Waals surface area contributed by atoms with Gasteiger partial charge in [-0.1, -0.05) is 17.7 Å². The Bertz CT molecular complexity index is 1210. The number of alkyl halides is 3. The second kappa shape index (κ2) is 7.84. The van der Waals surface area contributed by atoms with E-state index in [9.17, 15) is 27.2 Å². The second-order valence-electron chi connectivity index (χ2n) is 7.16.